The second-order valence-electron chi connectivity index (χ2n) is 6.45. The molecule has 5 heteroatoms. The van der Waals surface area contributed by atoms with Crippen molar-refractivity contribution in [3.05, 3.63) is 29.8 Å². The van der Waals surface area contributed by atoms with Gasteiger partial charge in [-0.05, 0) is 28.5 Å². The van der Waals surface area contributed by atoms with Gasteiger partial charge in [-0.15, -0.1) is 13.2 Å². The van der Waals surface area contributed by atoms with E-state index in [2.05, 4.69) is 37.7 Å². The summed E-state index contributed by atoms with van der Waals surface area (Å²) in [5, 5.41) is 3.46. The lowest BCUT2D eigenvalue weighted by Gasteiger charge is -2.10. The molecule has 20 heavy (non-hydrogen) atoms. The molecule has 0 saturated heterocycles. The van der Waals surface area contributed by atoms with Gasteiger partial charge in [-0.2, -0.15) is 0 Å². The maximum Gasteiger partial charge on any atom is 0.573 e. The molecule has 0 atom stereocenters. The lowest BCUT2D eigenvalue weighted by Crippen LogP contribution is -2.21. The summed E-state index contributed by atoms with van der Waals surface area (Å²) < 4.78 is 40.0. The molecule has 1 fully saturated rings. The molecule has 0 spiro atoms. The first-order valence-corrected chi connectivity index (χ1v) is 6.62. The molecule has 1 aliphatic rings. The van der Waals surface area contributed by atoms with Gasteiger partial charge in [0.15, 0.2) is 0 Å². The quantitative estimate of drug-likeness (QED) is 0.900. The van der Waals surface area contributed by atoms with Crippen molar-refractivity contribution in [3.63, 3.8) is 0 Å². The molecule has 1 aliphatic carbocycles. The molecule has 0 unspecified atom stereocenters. The van der Waals surface area contributed by atoms with Crippen LogP contribution in [0.1, 0.15) is 33.3 Å². The van der Waals surface area contributed by atoms with Crippen LogP contribution >= 0.6 is 0 Å². The Balaban J connectivity index is 1.90. The van der Waals surface area contributed by atoms with Crippen molar-refractivity contribution in [3.8, 4) is 5.75 Å². The van der Waals surface area contributed by atoms with Crippen molar-refractivity contribution >= 4 is 0 Å². The van der Waals surface area contributed by atoms with Crippen LogP contribution in [-0.2, 0) is 6.54 Å². The third kappa shape index (κ3) is 2.92. The first kappa shape index (κ1) is 15.2. The van der Waals surface area contributed by atoms with Crippen LogP contribution in [0, 0.1) is 10.8 Å². The zero-order valence-corrected chi connectivity index (χ0v) is 12.1. The molecule has 1 N–H and O–H groups in total. The van der Waals surface area contributed by atoms with Gasteiger partial charge >= 0.3 is 6.36 Å². The number of alkyl halides is 3. The highest BCUT2D eigenvalue weighted by atomic mass is 19.4. The van der Waals surface area contributed by atoms with Crippen molar-refractivity contribution in [2.75, 3.05) is 0 Å². The van der Waals surface area contributed by atoms with Crippen molar-refractivity contribution in [2.45, 2.75) is 46.6 Å². The van der Waals surface area contributed by atoms with E-state index in [1.807, 2.05) is 0 Å². The normalized spacial score (nSPS) is 20.8. The van der Waals surface area contributed by atoms with Crippen LogP contribution in [0.2, 0.25) is 0 Å². The maximum atomic E-state index is 12.0. The molecule has 2 rings (SSSR count). The number of nitrogens with one attached hydrogen (secondary N) is 1. The van der Waals surface area contributed by atoms with E-state index in [1.54, 1.807) is 12.1 Å². The SMILES string of the molecule is CC1(C)C(NCc2ccc(OC(F)(F)F)cc2)C1(C)C. The molecule has 2 nitrogen and oxygen atoms in total. The zero-order valence-electron chi connectivity index (χ0n) is 12.1. The summed E-state index contributed by atoms with van der Waals surface area (Å²) in [6.07, 6.45) is -4.64. The second-order valence-corrected chi connectivity index (χ2v) is 6.45. The van der Waals surface area contributed by atoms with Gasteiger partial charge in [0.1, 0.15) is 5.75 Å². The van der Waals surface area contributed by atoms with Crippen molar-refractivity contribution in [1.29, 1.82) is 0 Å². The van der Waals surface area contributed by atoms with E-state index in [1.165, 1.54) is 12.1 Å². The van der Waals surface area contributed by atoms with Gasteiger partial charge in [-0.25, -0.2) is 0 Å². The fourth-order valence-electron chi connectivity index (χ4n) is 2.74. The Hall–Kier alpha value is -1.23. The number of hydrogen-bond donors (Lipinski definition) is 1. The van der Waals surface area contributed by atoms with Crippen molar-refractivity contribution < 1.29 is 17.9 Å². The molecule has 0 amide bonds. The van der Waals surface area contributed by atoms with Gasteiger partial charge < -0.3 is 10.1 Å². The summed E-state index contributed by atoms with van der Waals surface area (Å²) >= 11 is 0. The summed E-state index contributed by atoms with van der Waals surface area (Å²) in [5.74, 6) is -0.187. The summed E-state index contributed by atoms with van der Waals surface area (Å²) in [6, 6.07) is 6.40. The van der Waals surface area contributed by atoms with Gasteiger partial charge in [-0.3, -0.25) is 0 Å². The minimum Gasteiger partial charge on any atom is -0.406 e. The Kier molecular flexibility index (Phi) is 3.53. The summed E-state index contributed by atoms with van der Waals surface area (Å²) in [7, 11) is 0. The predicted octanol–water partition coefficient (Wildman–Crippen LogP) is 4.11. The molecule has 1 aromatic carbocycles. The van der Waals surface area contributed by atoms with Gasteiger partial charge in [0, 0.05) is 12.6 Å². The number of rotatable bonds is 4. The topological polar surface area (TPSA) is 21.3 Å². The van der Waals surface area contributed by atoms with E-state index in [-0.39, 0.29) is 16.6 Å². The molecule has 1 saturated carbocycles. The minimum absolute atomic E-state index is 0.187. The Bertz CT molecular complexity index is 463. The summed E-state index contributed by atoms with van der Waals surface area (Å²) in [4.78, 5) is 0. The largest absolute Gasteiger partial charge is 0.573 e. The van der Waals surface area contributed by atoms with Crippen molar-refractivity contribution in [2.24, 2.45) is 10.8 Å². The van der Waals surface area contributed by atoms with E-state index in [0.29, 0.717) is 12.6 Å². The van der Waals surface area contributed by atoms with Crippen LogP contribution in [0.3, 0.4) is 0 Å². The Morgan fingerprint density at radius 1 is 1.05 bits per heavy atom. The molecule has 0 aliphatic heterocycles. The molecule has 0 aromatic heterocycles. The number of ether oxygens (including phenoxy) is 1. The average Bonchev–Trinajstić information content (AvgIpc) is 2.67. The highest BCUT2D eigenvalue weighted by Gasteiger charge is 2.64. The van der Waals surface area contributed by atoms with Gasteiger partial charge in [0.2, 0.25) is 0 Å². The van der Waals surface area contributed by atoms with E-state index in [4.69, 9.17) is 0 Å². The highest BCUT2D eigenvalue weighted by molar-refractivity contribution is 5.28. The predicted molar refractivity (Wildman–Crippen MR) is 71.3 cm³/mol. The van der Waals surface area contributed by atoms with E-state index < -0.39 is 6.36 Å². The van der Waals surface area contributed by atoms with Crippen LogP contribution in [0.25, 0.3) is 0 Å². The van der Waals surface area contributed by atoms with Gasteiger partial charge in [0.25, 0.3) is 0 Å². The minimum atomic E-state index is -4.64. The molecule has 0 radical (unpaired) electrons. The first-order valence-electron chi connectivity index (χ1n) is 6.62. The Morgan fingerprint density at radius 2 is 1.55 bits per heavy atom. The van der Waals surface area contributed by atoms with Crippen LogP contribution < -0.4 is 10.1 Å². The van der Waals surface area contributed by atoms with Crippen LogP contribution in [0.5, 0.6) is 5.75 Å². The van der Waals surface area contributed by atoms with Crippen LogP contribution in [0.4, 0.5) is 13.2 Å². The first-order chi connectivity index (χ1) is 9.04. The fourth-order valence-corrected chi connectivity index (χ4v) is 2.74. The standard InChI is InChI=1S/C15H20F3NO/c1-13(2)12(14(13,3)4)19-9-10-5-7-11(8-6-10)20-15(16,17)18/h5-8,12,19H,9H2,1-4H3. The van der Waals surface area contributed by atoms with Gasteiger partial charge in [0.05, 0.1) is 0 Å². The molecule has 112 valence electrons. The lowest BCUT2D eigenvalue weighted by atomic mass is 10.0. The van der Waals surface area contributed by atoms with Crippen molar-refractivity contribution in [1.82, 2.24) is 5.32 Å². The zero-order chi connectivity index (χ0) is 15.2. The van der Waals surface area contributed by atoms with Gasteiger partial charge in [-0.1, -0.05) is 39.8 Å². The van der Waals surface area contributed by atoms with Crippen LogP contribution in [0.15, 0.2) is 24.3 Å². The number of hydrogen-bond acceptors (Lipinski definition) is 2. The monoisotopic (exact) mass is 287 g/mol. The Labute approximate surface area is 117 Å². The summed E-state index contributed by atoms with van der Waals surface area (Å²) in [5.41, 5.74) is 1.43. The highest BCUT2D eigenvalue weighted by Crippen LogP contribution is 2.62. The lowest BCUT2D eigenvalue weighted by molar-refractivity contribution is -0.274. The third-order valence-corrected chi connectivity index (χ3v) is 4.69. The van der Waals surface area contributed by atoms with E-state index >= 15 is 0 Å². The molecule has 1 aromatic rings. The molecule has 0 bridgehead atoms. The van der Waals surface area contributed by atoms with E-state index in [0.717, 1.165) is 5.56 Å². The second kappa shape index (κ2) is 4.65. The number of halogens is 3. The van der Waals surface area contributed by atoms with Crippen LogP contribution in [-0.4, -0.2) is 12.4 Å². The molecule has 0 heterocycles. The average molecular weight is 287 g/mol. The molecular formula is C15H20F3NO. The maximum absolute atomic E-state index is 12.0. The molecular weight excluding hydrogens is 267 g/mol. The number of benzene rings is 1. The Morgan fingerprint density at radius 3 is 1.95 bits per heavy atom. The van der Waals surface area contributed by atoms with E-state index in [9.17, 15) is 13.2 Å². The fraction of sp³-hybridized carbons (Fsp3) is 0.600. The smallest absolute Gasteiger partial charge is 0.406 e. The third-order valence-electron chi connectivity index (χ3n) is 4.69. The summed E-state index contributed by atoms with van der Waals surface area (Å²) in [6.45, 7) is 9.50.